The standard InChI is InChI=1S/C22H25N5O/c1-15(2)20-25-21(26-28-20)27-12-6-10-22(14-27)11-9-17-13-23-19(24-18(17)22)16-7-4-3-5-8-16/h3-5,7-8,13,15H,6,9-12,14H2,1-2H3. The topological polar surface area (TPSA) is 67.9 Å². The Balaban J connectivity index is 1.48. The third kappa shape index (κ3) is 2.87. The molecule has 2 aromatic heterocycles. The Morgan fingerprint density at radius 3 is 2.75 bits per heavy atom. The third-order valence-electron chi connectivity index (χ3n) is 6.06. The molecule has 1 fully saturated rings. The van der Waals surface area contributed by atoms with Crippen LogP contribution < -0.4 is 4.90 Å². The molecule has 1 aliphatic heterocycles. The monoisotopic (exact) mass is 375 g/mol. The third-order valence-corrected chi connectivity index (χ3v) is 6.06. The van der Waals surface area contributed by atoms with Crippen LogP contribution in [0.25, 0.3) is 11.4 Å². The predicted molar refractivity (Wildman–Crippen MR) is 107 cm³/mol. The quantitative estimate of drug-likeness (QED) is 0.685. The number of aryl methyl sites for hydroxylation is 1. The summed E-state index contributed by atoms with van der Waals surface area (Å²) in [5.74, 6) is 2.48. The van der Waals surface area contributed by atoms with E-state index in [4.69, 9.17) is 9.51 Å². The van der Waals surface area contributed by atoms with Crippen LogP contribution in [0, 0.1) is 0 Å². The zero-order chi connectivity index (χ0) is 19.1. The molecule has 0 radical (unpaired) electrons. The van der Waals surface area contributed by atoms with Gasteiger partial charge in [0.1, 0.15) is 0 Å². The van der Waals surface area contributed by atoms with E-state index in [0.29, 0.717) is 11.8 Å². The molecule has 3 heterocycles. The Kier molecular flexibility index (Phi) is 4.14. The molecule has 28 heavy (non-hydrogen) atoms. The minimum atomic E-state index is 0.0542. The van der Waals surface area contributed by atoms with Gasteiger partial charge in [-0.1, -0.05) is 44.2 Å². The molecule has 1 aromatic carbocycles. The average molecular weight is 375 g/mol. The van der Waals surface area contributed by atoms with Crippen LogP contribution in [-0.4, -0.2) is 33.2 Å². The Labute approximate surface area is 165 Å². The highest BCUT2D eigenvalue weighted by atomic mass is 16.5. The van der Waals surface area contributed by atoms with E-state index in [-0.39, 0.29) is 11.3 Å². The molecule has 0 saturated carbocycles. The van der Waals surface area contributed by atoms with E-state index in [1.165, 1.54) is 11.3 Å². The normalized spacial score (nSPS) is 21.5. The Morgan fingerprint density at radius 1 is 1.11 bits per heavy atom. The van der Waals surface area contributed by atoms with E-state index in [2.05, 4.69) is 46.0 Å². The van der Waals surface area contributed by atoms with Gasteiger partial charge in [-0.25, -0.2) is 9.97 Å². The van der Waals surface area contributed by atoms with Crippen LogP contribution in [0.15, 0.2) is 41.1 Å². The molecule has 1 unspecified atom stereocenters. The summed E-state index contributed by atoms with van der Waals surface area (Å²) in [6.07, 6.45) is 6.44. The second-order valence-corrected chi connectivity index (χ2v) is 8.33. The van der Waals surface area contributed by atoms with Crippen LogP contribution in [0.5, 0.6) is 0 Å². The number of aromatic nitrogens is 4. The molecule has 6 nitrogen and oxygen atoms in total. The van der Waals surface area contributed by atoms with Crippen LogP contribution >= 0.6 is 0 Å². The molecule has 3 aromatic rings. The van der Waals surface area contributed by atoms with Gasteiger partial charge in [-0.05, 0) is 36.4 Å². The molecule has 1 saturated heterocycles. The summed E-state index contributed by atoms with van der Waals surface area (Å²) in [7, 11) is 0. The van der Waals surface area contributed by atoms with Gasteiger partial charge >= 0.3 is 0 Å². The summed E-state index contributed by atoms with van der Waals surface area (Å²) in [4.78, 5) is 16.6. The maximum absolute atomic E-state index is 5.45. The summed E-state index contributed by atoms with van der Waals surface area (Å²) in [6, 6.07) is 10.2. The summed E-state index contributed by atoms with van der Waals surface area (Å²) >= 11 is 0. The first-order valence-corrected chi connectivity index (χ1v) is 10.1. The highest BCUT2D eigenvalue weighted by Gasteiger charge is 2.44. The number of rotatable bonds is 3. The van der Waals surface area contributed by atoms with E-state index < -0.39 is 0 Å². The minimum absolute atomic E-state index is 0.0542. The number of hydrogen-bond donors (Lipinski definition) is 0. The van der Waals surface area contributed by atoms with Crippen molar-refractivity contribution in [3.63, 3.8) is 0 Å². The van der Waals surface area contributed by atoms with Crippen molar-refractivity contribution in [2.24, 2.45) is 0 Å². The minimum Gasteiger partial charge on any atom is -0.337 e. The van der Waals surface area contributed by atoms with Gasteiger partial charge in [0.15, 0.2) is 5.82 Å². The van der Waals surface area contributed by atoms with Gasteiger partial charge in [-0.2, -0.15) is 4.98 Å². The molecular formula is C22H25N5O. The van der Waals surface area contributed by atoms with Gasteiger partial charge < -0.3 is 9.42 Å². The number of piperidine rings is 1. The second kappa shape index (κ2) is 6.69. The largest absolute Gasteiger partial charge is 0.337 e. The highest BCUT2D eigenvalue weighted by molar-refractivity contribution is 5.56. The molecule has 0 bridgehead atoms. The van der Waals surface area contributed by atoms with Crippen molar-refractivity contribution >= 4 is 5.95 Å². The van der Waals surface area contributed by atoms with Crippen molar-refractivity contribution in [2.45, 2.75) is 50.9 Å². The zero-order valence-electron chi connectivity index (χ0n) is 16.4. The maximum atomic E-state index is 5.45. The molecule has 1 spiro atoms. The zero-order valence-corrected chi connectivity index (χ0v) is 16.4. The molecule has 2 aliphatic rings. The van der Waals surface area contributed by atoms with Crippen molar-refractivity contribution in [1.82, 2.24) is 20.1 Å². The maximum Gasteiger partial charge on any atom is 0.266 e. The van der Waals surface area contributed by atoms with Crippen molar-refractivity contribution in [3.8, 4) is 11.4 Å². The fraction of sp³-hybridized carbons (Fsp3) is 0.455. The molecular weight excluding hydrogens is 350 g/mol. The Morgan fingerprint density at radius 2 is 1.96 bits per heavy atom. The summed E-state index contributed by atoms with van der Waals surface area (Å²) < 4.78 is 5.45. The van der Waals surface area contributed by atoms with Gasteiger partial charge in [0.05, 0.1) is 5.69 Å². The van der Waals surface area contributed by atoms with Crippen LogP contribution in [0.1, 0.15) is 56.2 Å². The molecule has 144 valence electrons. The van der Waals surface area contributed by atoms with Crippen molar-refractivity contribution < 1.29 is 4.52 Å². The Bertz CT molecular complexity index is 980. The summed E-state index contributed by atoms with van der Waals surface area (Å²) in [5, 5.41) is 4.24. The lowest BCUT2D eigenvalue weighted by molar-refractivity contribution is 0.326. The predicted octanol–water partition coefficient (Wildman–Crippen LogP) is 4.13. The van der Waals surface area contributed by atoms with Gasteiger partial charge in [-0.15, -0.1) is 0 Å². The number of hydrogen-bond acceptors (Lipinski definition) is 6. The van der Waals surface area contributed by atoms with E-state index in [1.54, 1.807) is 0 Å². The molecule has 6 heteroatoms. The summed E-state index contributed by atoms with van der Waals surface area (Å²) in [6.45, 7) is 6.00. The fourth-order valence-electron chi connectivity index (χ4n) is 4.56. The van der Waals surface area contributed by atoms with Gasteiger partial charge in [0.2, 0.25) is 5.89 Å². The van der Waals surface area contributed by atoms with Crippen molar-refractivity contribution in [2.75, 3.05) is 18.0 Å². The van der Waals surface area contributed by atoms with Gasteiger partial charge in [-0.3, -0.25) is 0 Å². The lowest BCUT2D eigenvalue weighted by Crippen LogP contribution is -2.46. The van der Waals surface area contributed by atoms with Gasteiger partial charge in [0, 0.05) is 36.2 Å². The summed E-state index contributed by atoms with van der Waals surface area (Å²) in [5.41, 5.74) is 3.63. The lowest BCUT2D eigenvalue weighted by atomic mass is 9.77. The Hall–Kier alpha value is -2.76. The smallest absolute Gasteiger partial charge is 0.266 e. The van der Waals surface area contributed by atoms with Crippen molar-refractivity contribution in [3.05, 3.63) is 53.7 Å². The molecule has 1 aliphatic carbocycles. The molecule has 0 N–H and O–H groups in total. The van der Waals surface area contributed by atoms with E-state index in [0.717, 1.165) is 50.2 Å². The van der Waals surface area contributed by atoms with Crippen LogP contribution in [0.4, 0.5) is 5.95 Å². The second-order valence-electron chi connectivity index (χ2n) is 8.33. The number of nitrogens with zero attached hydrogens (tertiary/aromatic N) is 5. The van der Waals surface area contributed by atoms with E-state index in [1.807, 2.05) is 24.4 Å². The molecule has 1 atom stereocenters. The number of anilines is 1. The first kappa shape index (κ1) is 17.3. The van der Waals surface area contributed by atoms with Crippen LogP contribution in [0.2, 0.25) is 0 Å². The first-order chi connectivity index (χ1) is 13.6. The highest BCUT2D eigenvalue weighted by Crippen LogP contribution is 2.44. The molecule has 0 amide bonds. The lowest BCUT2D eigenvalue weighted by Gasteiger charge is -2.39. The van der Waals surface area contributed by atoms with Crippen LogP contribution in [0.3, 0.4) is 0 Å². The van der Waals surface area contributed by atoms with E-state index in [9.17, 15) is 0 Å². The number of fused-ring (bicyclic) bond motifs is 2. The average Bonchev–Trinajstić information content (AvgIpc) is 3.35. The van der Waals surface area contributed by atoms with Crippen molar-refractivity contribution in [1.29, 1.82) is 0 Å². The van der Waals surface area contributed by atoms with Gasteiger partial charge in [0.25, 0.3) is 5.95 Å². The molecule has 5 rings (SSSR count). The number of benzene rings is 1. The first-order valence-electron chi connectivity index (χ1n) is 10.1. The SMILES string of the molecule is CC(C)c1nc(N2CCCC3(CCc4cnc(-c5ccccc5)nc43)C2)no1. The van der Waals surface area contributed by atoms with Crippen LogP contribution in [-0.2, 0) is 11.8 Å². The fourth-order valence-corrected chi connectivity index (χ4v) is 4.56. The van der Waals surface area contributed by atoms with E-state index >= 15 is 0 Å².